The summed E-state index contributed by atoms with van der Waals surface area (Å²) in [5, 5.41) is 0. The number of nitrogens with two attached hydrogens (primary N) is 1. The van der Waals surface area contributed by atoms with E-state index in [2.05, 4.69) is 17.0 Å². The van der Waals surface area contributed by atoms with Crippen molar-refractivity contribution in [2.24, 2.45) is 0 Å². The molecular formula is C16H26N2O2. The van der Waals surface area contributed by atoms with Crippen molar-refractivity contribution < 1.29 is 9.47 Å². The highest BCUT2D eigenvalue weighted by molar-refractivity contribution is 5.46. The normalized spacial score (nSPS) is 14.9. The lowest BCUT2D eigenvalue weighted by Crippen LogP contribution is -2.29. The molecule has 0 aromatic heterocycles. The van der Waals surface area contributed by atoms with Gasteiger partial charge in [0.15, 0.2) is 0 Å². The topological polar surface area (TPSA) is 47.7 Å². The molecule has 2 rings (SSSR count). The fraction of sp³-hybridized carbons (Fsp3) is 0.625. The largest absolute Gasteiger partial charge is 0.398 e. The molecule has 0 aliphatic heterocycles. The van der Waals surface area contributed by atoms with Gasteiger partial charge < -0.3 is 15.2 Å². The summed E-state index contributed by atoms with van der Waals surface area (Å²) in [5.41, 5.74) is 8.14. The second-order valence-corrected chi connectivity index (χ2v) is 5.36. The van der Waals surface area contributed by atoms with Gasteiger partial charge in [0.05, 0.1) is 6.61 Å². The van der Waals surface area contributed by atoms with Crippen LogP contribution < -0.4 is 5.73 Å². The number of para-hydroxylation sites is 1. The maximum absolute atomic E-state index is 6.03. The van der Waals surface area contributed by atoms with Crippen molar-refractivity contribution in [3.8, 4) is 0 Å². The van der Waals surface area contributed by atoms with Crippen molar-refractivity contribution in [2.75, 3.05) is 39.2 Å². The highest BCUT2D eigenvalue weighted by atomic mass is 16.5. The summed E-state index contributed by atoms with van der Waals surface area (Å²) in [6, 6.07) is 8.85. The van der Waals surface area contributed by atoms with Crippen molar-refractivity contribution in [3.05, 3.63) is 29.8 Å². The summed E-state index contributed by atoms with van der Waals surface area (Å²) in [5.74, 6) is 0. The van der Waals surface area contributed by atoms with Gasteiger partial charge in [0, 0.05) is 45.1 Å². The first kappa shape index (κ1) is 15.3. The summed E-state index contributed by atoms with van der Waals surface area (Å²) in [6.07, 6.45) is 3.57. The van der Waals surface area contributed by atoms with Gasteiger partial charge in [-0.05, 0) is 30.9 Å². The van der Waals surface area contributed by atoms with Crippen molar-refractivity contribution in [1.29, 1.82) is 0 Å². The van der Waals surface area contributed by atoms with Gasteiger partial charge in [-0.15, -0.1) is 0 Å². The van der Waals surface area contributed by atoms with E-state index in [9.17, 15) is 0 Å². The van der Waals surface area contributed by atoms with Crippen LogP contribution in [0, 0.1) is 0 Å². The Morgan fingerprint density at radius 3 is 2.70 bits per heavy atom. The first-order valence-corrected chi connectivity index (χ1v) is 7.45. The quantitative estimate of drug-likeness (QED) is 0.527. The van der Waals surface area contributed by atoms with E-state index in [-0.39, 0.29) is 0 Å². The Morgan fingerprint density at radius 2 is 2.00 bits per heavy atom. The van der Waals surface area contributed by atoms with Gasteiger partial charge in [-0.25, -0.2) is 0 Å². The number of methoxy groups -OCH3 is 1. The van der Waals surface area contributed by atoms with E-state index in [1.807, 2.05) is 12.1 Å². The molecule has 2 N–H and O–H groups in total. The third-order valence-corrected chi connectivity index (χ3v) is 3.65. The minimum Gasteiger partial charge on any atom is -0.398 e. The van der Waals surface area contributed by atoms with Gasteiger partial charge in [0.25, 0.3) is 0 Å². The lowest BCUT2D eigenvalue weighted by molar-refractivity contribution is 0.0801. The number of nitrogens with zero attached hydrogens (tertiary/aromatic N) is 1. The smallest absolute Gasteiger partial charge is 0.0593 e. The molecule has 20 heavy (non-hydrogen) atoms. The van der Waals surface area contributed by atoms with Crippen LogP contribution in [0.1, 0.15) is 24.8 Å². The highest BCUT2D eigenvalue weighted by Gasteiger charge is 2.28. The summed E-state index contributed by atoms with van der Waals surface area (Å²) in [4.78, 5) is 2.49. The van der Waals surface area contributed by atoms with Crippen LogP contribution in [0.15, 0.2) is 24.3 Å². The van der Waals surface area contributed by atoms with E-state index in [1.54, 1.807) is 7.11 Å². The van der Waals surface area contributed by atoms with E-state index in [1.165, 1.54) is 18.4 Å². The second kappa shape index (κ2) is 8.25. The Labute approximate surface area is 121 Å². The molecule has 1 aromatic carbocycles. The van der Waals surface area contributed by atoms with Crippen LogP contribution in [0.25, 0.3) is 0 Å². The molecule has 1 fully saturated rings. The Balaban J connectivity index is 1.72. The third kappa shape index (κ3) is 5.12. The molecule has 1 aromatic rings. The van der Waals surface area contributed by atoms with Crippen molar-refractivity contribution in [1.82, 2.24) is 4.90 Å². The number of nitrogen functional groups attached to an aromatic ring is 1. The van der Waals surface area contributed by atoms with Gasteiger partial charge in [-0.2, -0.15) is 0 Å². The van der Waals surface area contributed by atoms with Crippen molar-refractivity contribution in [2.45, 2.75) is 31.8 Å². The monoisotopic (exact) mass is 278 g/mol. The van der Waals surface area contributed by atoms with Crippen LogP contribution in [0.4, 0.5) is 5.69 Å². The zero-order valence-corrected chi connectivity index (χ0v) is 12.4. The highest BCUT2D eigenvalue weighted by Crippen LogP contribution is 2.28. The van der Waals surface area contributed by atoms with E-state index in [4.69, 9.17) is 15.2 Å². The van der Waals surface area contributed by atoms with Gasteiger partial charge in [-0.1, -0.05) is 18.2 Å². The average Bonchev–Trinajstić information content (AvgIpc) is 3.28. The summed E-state index contributed by atoms with van der Waals surface area (Å²) >= 11 is 0. The molecular weight excluding hydrogens is 252 g/mol. The van der Waals surface area contributed by atoms with Crippen LogP contribution in [-0.2, 0) is 16.0 Å². The summed E-state index contributed by atoms with van der Waals surface area (Å²) in [7, 11) is 1.72. The van der Waals surface area contributed by atoms with Crippen LogP contribution >= 0.6 is 0 Å². The maximum Gasteiger partial charge on any atom is 0.0593 e. The Kier molecular flexibility index (Phi) is 6.30. The number of benzene rings is 1. The van der Waals surface area contributed by atoms with Crippen LogP contribution in [-0.4, -0.2) is 44.4 Å². The van der Waals surface area contributed by atoms with Crippen LogP contribution in [0.3, 0.4) is 0 Å². The number of anilines is 1. The molecule has 0 atom stereocenters. The zero-order chi connectivity index (χ0) is 14.2. The zero-order valence-electron chi connectivity index (χ0n) is 12.4. The molecule has 1 saturated carbocycles. The standard InChI is InChI=1S/C16H26N2O2/c1-19-10-4-11-20-12-9-18(15-7-8-15)13-14-5-2-3-6-16(14)17/h2-3,5-6,15H,4,7-13,17H2,1H3. The molecule has 1 aliphatic rings. The Hall–Kier alpha value is -1.10. The lowest BCUT2D eigenvalue weighted by atomic mass is 10.1. The van der Waals surface area contributed by atoms with E-state index < -0.39 is 0 Å². The molecule has 4 heteroatoms. The third-order valence-electron chi connectivity index (χ3n) is 3.65. The minimum atomic E-state index is 0.720. The summed E-state index contributed by atoms with van der Waals surface area (Å²) < 4.78 is 10.7. The maximum atomic E-state index is 6.03. The molecule has 0 saturated heterocycles. The van der Waals surface area contributed by atoms with Gasteiger partial charge in [0.1, 0.15) is 0 Å². The summed E-state index contributed by atoms with van der Waals surface area (Å²) in [6.45, 7) is 4.24. The number of hydrogen-bond acceptors (Lipinski definition) is 4. The molecule has 0 amide bonds. The number of hydrogen-bond donors (Lipinski definition) is 1. The van der Waals surface area contributed by atoms with E-state index >= 15 is 0 Å². The number of ether oxygens (including phenoxy) is 2. The van der Waals surface area contributed by atoms with Crippen molar-refractivity contribution in [3.63, 3.8) is 0 Å². The molecule has 4 nitrogen and oxygen atoms in total. The molecule has 112 valence electrons. The molecule has 0 radical (unpaired) electrons. The first-order valence-electron chi connectivity index (χ1n) is 7.45. The Morgan fingerprint density at radius 1 is 1.20 bits per heavy atom. The number of rotatable bonds is 10. The van der Waals surface area contributed by atoms with Crippen LogP contribution in [0.2, 0.25) is 0 Å². The average molecular weight is 278 g/mol. The van der Waals surface area contributed by atoms with Gasteiger partial charge >= 0.3 is 0 Å². The molecule has 0 bridgehead atoms. The molecule has 1 aliphatic carbocycles. The SMILES string of the molecule is COCCCOCCN(Cc1ccccc1N)C1CC1. The second-order valence-electron chi connectivity index (χ2n) is 5.36. The molecule has 0 unspecified atom stereocenters. The van der Waals surface area contributed by atoms with Crippen molar-refractivity contribution >= 4 is 5.69 Å². The predicted molar refractivity (Wildman–Crippen MR) is 81.6 cm³/mol. The lowest BCUT2D eigenvalue weighted by Gasteiger charge is -2.22. The van der Waals surface area contributed by atoms with Crippen LogP contribution in [0.5, 0.6) is 0 Å². The fourth-order valence-corrected chi connectivity index (χ4v) is 2.32. The predicted octanol–water partition coefficient (Wildman–Crippen LogP) is 2.29. The minimum absolute atomic E-state index is 0.720. The van der Waals surface area contributed by atoms with Gasteiger partial charge in [-0.3, -0.25) is 4.90 Å². The Bertz CT molecular complexity index is 394. The van der Waals surface area contributed by atoms with Gasteiger partial charge in [0.2, 0.25) is 0 Å². The first-order chi connectivity index (χ1) is 9.81. The molecule has 0 heterocycles. The fourth-order valence-electron chi connectivity index (χ4n) is 2.32. The van der Waals surface area contributed by atoms with E-state index in [0.29, 0.717) is 0 Å². The van der Waals surface area contributed by atoms with E-state index in [0.717, 1.165) is 51.1 Å². The molecule has 0 spiro atoms.